The molecule has 1 aromatic heterocycles. The predicted octanol–water partition coefficient (Wildman–Crippen LogP) is 2.47. The van der Waals surface area contributed by atoms with Gasteiger partial charge in [-0.15, -0.1) is 11.3 Å². The molecule has 0 N–H and O–H groups in total. The molecule has 6 heteroatoms. The lowest BCUT2D eigenvalue weighted by atomic mass is 10.2. The van der Waals surface area contributed by atoms with Gasteiger partial charge in [-0.2, -0.15) is 0 Å². The third-order valence-corrected chi connectivity index (χ3v) is 4.65. The predicted molar refractivity (Wildman–Crippen MR) is 83.1 cm³/mol. The van der Waals surface area contributed by atoms with Gasteiger partial charge in [0.25, 0.3) is 0 Å². The van der Waals surface area contributed by atoms with Crippen LogP contribution in [0.4, 0.5) is 0 Å². The number of amides is 1. The molecule has 22 heavy (non-hydrogen) atoms. The summed E-state index contributed by atoms with van der Waals surface area (Å²) < 4.78 is 4.77. The first-order valence-electron chi connectivity index (χ1n) is 7.06. The largest absolute Gasteiger partial charge is 0.467 e. The second-order valence-corrected chi connectivity index (χ2v) is 5.97. The lowest BCUT2D eigenvalue weighted by Crippen LogP contribution is -2.38. The quantitative estimate of drug-likeness (QED) is 0.813. The fraction of sp³-hybridized carbons (Fsp3) is 0.312. The van der Waals surface area contributed by atoms with Crippen LogP contribution in [0.3, 0.4) is 0 Å². The van der Waals surface area contributed by atoms with Crippen LogP contribution in [-0.4, -0.2) is 34.9 Å². The van der Waals surface area contributed by atoms with Crippen LogP contribution in [0.5, 0.6) is 0 Å². The molecule has 1 fully saturated rings. The average Bonchev–Trinajstić information content (AvgIpc) is 3.16. The van der Waals surface area contributed by atoms with Gasteiger partial charge in [0.15, 0.2) is 0 Å². The van der Waals surface area contributed by atoms with E-state index >= 15 is 0 Å². The lowest BCUT2D eigenvalue weighted by Gasteiger charge is -2.21. The molecule has 0 bridgehead atoms. The van der Waals surface area contributed by atoms with Crippen LogP contribution in [-0.2, 0) is 20.9 Å². The van der Waals surface area contributed by atoms with Crippen molar-refractivity contribution in [1.82, 2.24) is 9.88 Å². The molecule has 0 radical (unpaired) electrons. The summed E-state index contributed by atoms with van der Waals surface area (Å²) in [4.78, 5) is 29.9. The lowest BCUT2D eigenvalue weighted by molar-refractivity contribution is -0.149. The molecule has 5 nitrogen and oxygen atoms in total. The van der Waals surface area contributed by atoms with Gasteiger partial charge in [-0.3, -0.25) is 4.79 Å². The van der Waals surface area contributed by atoms with E-state index in [1.807, 2.05) is 35.7 Å². The minimum atomic E-state index is -0.487. The number of aromatic nitrogens is 1. The van der Waals surface area contributed by atoms with Crippen molar-refractivity contribution < 1.29 is 14.3 Å². The monoisotopic (exact) mass is 316 g/mol. The molecule has 2 heterocycles. The number of carbonyl (C=O) groups excluding carboxylic acids is 2. The van der Waals surface area contributed by atoms with Gasteiger partial charge in [0, 0.05) is 17.4 Å². The van der Waals surface area contributed by atoms with Crippen LogP contribution in [0, 0.1) is 0 Å². The summed E-state index contributed by atoms with van der Waals surface area (Å²) >= 11 is 1.54. The number of esters is 1. The van der Waals surface area contributed by atoms with Gasteiger partial charge in [0.2, 0.25) is 5.91 Å². The number of nitrogens with zero attached hydrogens (tertiary/aromatic N) is 2. The second kappa shape index (κ2) is 6.27. The van der Waals surface area contributed by atoms with E-state index in [9.17, 15) is 9.59 Å². The normalized spacial score (nSPS) is 17.8. The summed E-state index contributed by atoms with van der Waals surface area (Å²) in [5, 5.41) is 2.85. The highest BCUT2D eigenvalue weighted by molar-refractivity contribution is 7.13. The first kappa shape index (κ1) is 14.7. The molecule has 2 aromatic rings. The molecular formula is C16H16N2O3S. The van der Waals surface area contributed by atoms with Gasteiger partial charge in [-0.1, -0.05) is 30.3 Å². The Morgan fingerprint density at radius 3 is 2.91 bits per heavy atom. The van der Waals surface area contributed by atoms with Crippen molar-refractivity contribution in [2.75, 3.05) is 7.11 Å². The summed E-state index contributed by atoms with van der Waals surface area (Å²) in [6, 6.07) is 9.41. The SMILES string of the molecule is COC(=O)C1CCC(=O)N1Cc1csc(-c2ccccc2)n1. The smallest absolute Gasteiger partial charge is 0.328 e. The maximum absolute atomic E-state index is 12.0. The van der Waals surface area contributed by atoms with Gasteiger partial charge in [-0.05, 0) is 6.42 Å². The van der Waals surface area contributed by atoms with E-state index in [0.29, 0.717) is 19.4 Å². The molecule has 0 aliphatic carbocycles. The molecule has 3 rings (SSSR count). The number of likely N-dealkylation sites (tertiary alicyclic amines) is 1. The zero-order valence-corrected chi connectivity index (χ0v) is 13.0. The minimum absolute atomic E-state index is 0.0235. The van der Waals surface area contributed by atoms with Gasteiger partial charge in [0.1, 0.15) is 11.0 Å². The number of carbonyl (C=O) groups is 2. The summed E-state index contributed by atoms with van der Waals surface area (Å²) in [6.45, 7) is 0.349. The number of rotatable bonds is 4. The van der Waals surface area contributed by atoms with E-state index in [1.165, 1.54) is 18.4 Å². The Hall–Kier alpha value is -2.21. The Labute approximate surface area is 132 Å². The summed E-state index contributed by atoms with van der Waals surface area (Å²) in [6.07, 6.45) is 0.899. The van der Waals surface area contributed by atoms with E-state index in [-0.39, 0.29) is 11.9 Å². The van der Waals surface area contributed by atoms with Crippen molar-refractivity contribution in [1.29, 1.82) is 0 Å². The van der Waals surface area contributed by atoms with Gasteiger partial charge in [-0.25, -0.2) is 9.78 Å². The molecule has 0 saturated carbocycles. The highest BCUT2D eigenvalue weighted by Gasteiger charge is 2.37. The van der Waals surface area contributed by atoms with Crippen molar-refractivity contribution >= 4 is 23.2 Å². The van der Waals surface area contributed by atoms with E-state index < -0.39 is 6.04 Å². The molecule has 1 amide bonds. The highest BCUT2D eigenvalue weighted by atomic mass is 32.1. The summed E-state index contributed by atoms with van der Waals surface area (Å²) in [7, 11) is 1.35. The second-order valence-electron chi connectivity index (χ2n) is 5.11. The molecule has 114 valence electrons. The summed E-state index contributed by atoms with van der Waals surface area (Å²) in [5.41, 5.74) is 1.85. The maximum Gasteiger partial charge on any atom is 0.328 e. The van der Waals surface area contributed by atoms with Gasteiger partial charge >= 0.3 is 5.97 Å². The molecule has 1 aliphatic heterocycles. The van der Waals surface area contributed by atoms with Crippen molar-refractivity contribution in [2.45, 2.75) is 25.4 Å². The Morgan fingerprint density at radius 2 is 2.18 bits per heavy atom. The molecule has 1 atom stereocenters. The van der Waals surface area contributed by atoms with E-state index in [0.717, 1.165) is 16.3 Å². The molecular weight excluding hydrogens is 300 g/mol. The maximum atomic E-state index is 12.0. The number of hydrogen-bond acceptors (Lipinski definition) is 5. The topological polar surface area (TPSA) is 59.5 Å². The number of methoxy groups -OCH3 is 1. The molecule has 1 aromatic carbocycles. The van der Waals surface area contributed by atoms with Crippen molar-refractivity contribution in [3.05, 3.63) is 41.4 Å². The molecule has 1 aliphatic rings. The van der Waals surface area contributed by atoms with Crippen molar-refractivity contribution in [2.24, 2.45) is 0 Å². The Kier molecular flexibility index (Phi) is 4.20. The molecule has 0 spiro atoms. The van der Waals surface area contributed by atoms with Crippen LogP contribution in [0.15, 0.2) is 35.7 Å². The number of ether oxygens (including phenoxy) is 1. The fourth-order valence-corrected chi connectivity index (χ4v) is 3.40. The van der Waals surface area contributed by atoms with Gasteiger partial charge < -0.3 is 9.64 Å². The van der Waals surface area contributed by atoms with E-state index in [4.69, 9.17) is 4.74 Å². The zero-order valence-electron chi connectivity index (χ0n) is 12.2. The summed E-state index contributed by atoms with van der Waals surface area (Å²) in [5.74, 6) is -0.381. The highest BCUT2D eigenvalue weighted by Crippen LogP contribution is 2.26. The minimum Gasteiger partial charge on any atom is -0.467 e. The van der Waals surface area contributed by atoms with E-state index in [2.05, 4.69) is 4.98 Å². The van der Waals surface area contributed by atoms with Crippen LogP contribution in [0.1, 0.15) is 18.5 Å². The first-order valence-corrected chi connectivity index (χ1v) is 7.94. The Balaban J connectivity index is 1.77. The van der Waals surface area contributed by atoms with Crippen molar-refractivity contribution in [3.63, 3.8) is 0 Å². The first-order chi connectivity index (χ1) is 10.7. The van der Waals surface area contributed by atoms with E-state index in [1.54, 1.807) is 4.90 Å². The standard InChI is InChI=1S/C16H16N2O3S/c1-21-16(20)13-7-8-14(19)18(13)9-12-10-22-15(17-12)11-5-3-2-4-6-11/h2-6,10,13H,7-9H2,1H3. The molecule has 1 unspecified atom stereocenters. The fourth-order valence-electron chi connectivity index (χ4n) is 2.58. The van der Waals surface area contributed by atoms with Gasteiger partial charge in [0.05, 0.1) is 19.3 Å². The zero-order chi connectivity index (χ0) is 15.5. The Bertz CT molecular complexity index is 684. The third-order valence-electron chi connectivity index (χ3n) is 3.71. The van der Waals surface area contributed by atoms with Crippen molar-refractivity contribution in [3.8, 4) is 10.6 Å². The molecule has 1 saturated heterocycles. The van der Waals surface area contributed by atoms with Crippen LogP contribution >= 0.6 is 11.3 Å². The number of benzene rings is 1. The number of thiazole rings is 1. The van der Waals surface area contributed by atoms with Crippen LogP contribution in [0.25, 0.3) is 10.6 Å². The number of hydrogen-bond donors (Lipinski definition) is 0. The Morgan fingerprint density at radius 1 is 1.41 bits per heavy atom. The van der Waals surface area contributed by atoms with Crippen LogP contribution in [0.2, 0.25) is 0 Å². The third kappa shape index (κ3) is 2.87. The van der Waals surface area contributed by atoms with Crippen LogP contribution < -0.4 is 0 Å². The average molecular weight is 316 g/mol.